The molecule has 26 heavy (non-hydrogen) atoms. The highest BCUT2D eigenvalue weighted by Gasteiger charge is 2.50. The number of amidine groups is 1. The van der Waals surface area contributed by atoms with Crippen molar-refractivity contribution in [1.82, 2.24) is 0 Å². The predicted molar refractivity (Wildman–Crippen MR) is 104 cm³/mol. The molecule has 1 amide bonds. The van der Waals surface area contributed by atoms with E-state index >= 15 is 0 Å². The van der Waals surface area contributed by atoms with Crippen LogP contribution in [0.15, 0.2) is 23.2 Å². The smallest absolute Gasteiger partial charge is 0.277 e. The summed E-state index contributed by atoms with van der Waals surface area (Å²) in [5.41, 5.74) is 0.604. The molecule has 1 aromatic carbocycles. The first-order chi connectivity index (χ1) is 12.3. The van der Waals surface area contributed by atoms with Gasteiger partial charge in [0.1, 0.15) is 6.10 Å². The first kappa shape index (κ1) is 18.6. The van der Waals surface area contributed by atoms with Gasteiger partial charge < -0.3 is 9.64 Å². The molecule has 3 saturated heterocycles. The molecule has 3 fully saturated rings. The van der Waals surface area contributed by atoms with Crippen LogP contribution in [0.25, 0.3) is 0 Å². The van der Waals surface area contributed by atoms with E-state index < -0.39 is 15.9 Å². The fraction of sp³-hybridized carbons (Fsp3) is 0.500. The van der Waals surface area contributed by atoms with E-state index in [0.29, 0.717) is 33.9 Å². The molecule has 3 aliphatic rings. The van der Waals surface area contributed by atoms with E-state index in [0.717, 1.165) is 6.42 Å². The van der Waals surface area contributed by atoms with E-state index in [4.69, 9.17) is 27.9 Å². The van der Waals surface area contributed by atoms with Crippen LogP contribution in [0.1, 0.15) is 12.8 Å². The average Bonchev–Trinajstić information content (AvgIpc) is 3.23. The number of carbonyl (C=O) groups excluding carboxylic acids is 1. The van der Waals surface area contributed by atoms with Crippen LogP contribution >= 0.6 is 35.0 Å². The molecule has 0 bridgehead atoms. The maximum absolute atomic E-state index is 12.4. The van der Waals surface area contributed by atoms with Crippen LogP contribution in [-0.4, -0.2) is 55.0 Å². The van der Waals surface area contributed by atoms with Gasteiger partial charge in [-0.05, 0) is 31.0 Å². The van der Waals surface area contributed by atoms with Gasteiger partial charge in [-0.15, -0.1) is 0 Å². The topological polar surface area (TPSA) is 76.0 Å². The van der Waals surface area contributed by atoms with Crippen molar-refractivity contribution < 1.29 is 17.9 Å². The third-order valence-corrected chi connectivity index (χ3v) is 8.39. The lowest BCUT2D eigenvalue weighted by Gasteiger charge is -2.25. The van der Waals surface area contributed by atoms with E-state index in [2.05, 4.69) is 4.99 Å². The lowest BCUT2D eigenvalue weighted by Crippen LogP contribution is -2.38. The normalized spacial score (nSPS) is 31.5. The number of ether oxygens (including phenoxy) is 1. The third kappa shape index (κ3) is 3.49. The number of sulfone groups is 1. The maximum atomic E-state index is 12.4. The summed E-state index contributed by atoms with van der Waals surface area (Å²) in [6, 6.07) is 4.70. The number of halogens is 2. The van der Waals surface area contributed by atoms with Gasteiger partial charge in [0.05, 0.1) is 28.3 Å². The van der Waals surface area contributed by atoms with E-state index in [-0.39, 0.29) is 28.7 Å². The first-order valence-corrected chi connectivity index (χ1v) is 11.7. The Morgan fingerprint density at radius 2 is 2.12 bits per heavy atom. The van der Waals surface area contributed by atoms with Crippen LogP contribution in [0.2, 0.25) is 10.0 Å². The summed E-state index contributed by atoms with van der Waals surface area (Å²) in [5, 5.41) is 1.16. The standard InChI is InChI=1S/C16H16Cl2N2O4S2/c17-9-3-4-11(10(18)6-9)20-12-7-26(22,23)8-14(12)25-16(20)19-15(21)13-2-1-5-24-13/h3-4,6,12-14H,1-2,5,7-8H2/t12-,13+,14-/m0/s1. The Bertz CT molecular complexity index is 884. The second kappa shape index (κ2) is 6.98. The lowest BCUT2D eigenvalue weighted by atomic mass is 10.2. The Labute approximate surface area is 165 Å². The summed E-state index contributed by atoms with van der Waals surface area (Å²) in [5.74, 6) is -0.253. The number of hydrogen-bond donors (Lipinski definition) is 0. The van der Waals surface area contributed by atoms with Crippen molar-refractivity contribution in [2.45, 2.75) is 30.2 Å². The van der Waals surface area contributed by atoms with Gasteiger partial charge in [-0.3, -0.25) is 4.79 Å². The fourth-order valence-electron chi connectivity index (χ4n) is 3.46. The van der Waals surface area contributed by atoms with Crippen LogP contribution in [0.5, 0.6) is 0 Å². The number of amides is 1. The Morgan fingerprint density at radius 3 is 2.81 bits per heavy atom. The Hall–Kier alpha value is -0.800. The van der Waals surface area contributed by atoms with Crippen LogP contribution in [0.4, 0.5) is 5.69 Å². The minimum atomic E-state index is -3.13. The average molecular weight is 435 g/mol. The number of fused-ring (bicyclic) bond motifs is 1. The first-order valence-electron chi connectivity index (χ1n) is 8.19. The molecule has 0 radical (unpaired) electrons. The minimum Gasteiger partial charge on any atom is -0.368 e. The molecule has 3 atom stereocenters. The molecule has 0 aromatic heterocycles. The van der Waals surface area contributed by atoms with Crippen molar-refractivity contribution in [2.75, 3.05) is 23.0 Å². The van der Waals surface area contributed by atoms with Crippen LogP contribution < -0.4 is 4.90 Å². The van der Waals surface area contributed by atoms with Crippen molar-refractivity contribution in [3.05, 3.63) is 28.2 Å². The third-order valence-electron chi connectivity index (χ3n) is 4.65. The van der Waals surface area contributed by atoms with Crippen LogP contribution in [-0.2, 0) is 19.4 Å². The quantitative estimate of drug-likeness (QED) is 0.711. The molecule has 0 aliphatic carbocycles. The molecule has 4 rings (SSSR count). The lowest BCUT2D eigenvalue weighted by molar-refractivity contribution is -0.126. The summed E-state index contributed by atoms with van der Waals surface area (Å²) in [7, 11) is -3.13. The summed E-state index contributed by atoms with van der Waals surface area (Å²) in [6.45, 7) is 0.560. The predicted octanol–water partition coefficient (Wildman–Crippen LogP) is 2.77. The van der Waals surface area contributed by atoms with Gasteiger partial charge in [-0.25, -0.2) is 8.42 Å². The molecule has 3 aliphatic heterocycles. The highest BCUT2D eigenvalue weighted by atomic mass is 35.5. The zero-order valence-corrected chi connectivity index (χ0v) is 16.7. The number of anilines is 1. The van der Waals surface area contributed by atoms with E-state index in [1.165, 1.54) is 11.8 Å². The van der Waals surface area contributed by atoms with E-state index in [1.807, 2.05) is 0 Å². The number of aliphatic imine (C=N–C) groups is 1. The maximum Gasteiger partial charge on any atom is 0.277 e. The number of thioether (sulfide) groups is 1. The number of benzene rings is 1. The molecule has 3 heterocycles. The van der Waals surface area contributed by atoms with Crippen molar-refractivity contribution in [1.29, 1.82) is 0 Å². The van der Waals surface area contributed by atoms with Crippen molar-refractivity contribution in [3.8, 4) is 0 Å². The van der Waals surface area contributed by atoms with Gasteiger partial charge in [0.15, 0.2) is 15.0 Å². The monoisotopic (exact) mass is 434 g/mol. The zero-order chi connectivity index (χ0) is 18.5. The van der Waals surface area contributed by atoms with Gasteiger partial charge in [0.25, 0.3) is 5.91 Å². The van der Waals surface area contributed by atoms with Gasteiger partial charge in [-0.2, -0.15) is 4.99 Å². The number of rotatable bonds is 2. The molecule has 10 heteroatoms. The molecule has 6 nitrogen and oxygen atoms in total. The SMILES string of the molecule is O=C(N=C1S[C@H]2CS(=O)(=O)C[C@@H]2N1c1ccc(Cl)cc1Cl)[C@H]1CCCO1. The largest absolute Gasteiger partial charge is 0.368 e. The molecular formula is C16H16Cl2N2O4S2. The van der Waals surface area contributed by atoms with Gasteiger partial charge in [0, 0.05) is 16.9 Å². The molecule has 0 N–H and O–H groups in total. The van der Waals surface area contributed by atoms with Crippen LogP contribution in [0.3, 0.4) is 0 Å². The molecule has 1 aromatic rings. The second-order valence-corrected chi connectivity index (χ2v) is 10.7. The van der Waals surface area contributed by atoms with Gasteiger partial charge in [-0.1, -0.05) is 35.0 Å². The zero-order valence-electron chi connectivity index (χ0n) is 13.6. The minimum absolute atomic E-state index is 0.0107. The Kier molecular flexibility index (Phi) is 4.98. The molecule has 0 unspecified atom stereocenters. The number of carbonyl (C=O) groups is 1. The molecule has 0 saturated carbocycles. The molecule has 140 valence electrons. The highest BCUT2D eigenvalue weighted by Crippen LogP contribution is 2.43. The van der Waals surface area contributed by atoms with Crippen molar-refractivity contribution in [2.24, 2.45) is 4.99 Å². The van der Waals surface area contributed by atoms with Gasteiger partial charge in [0.2, 0.25) is 0 Å². The van der Waals surface area contributed by atoms with E-state index in [1.54, 1.807) is 23.1 Å². The number of hydrogen-bond acceptors (Lipinski definition) is 5. The van der Waals surface area contributed by atoms with Crippen molar-refractivity contribution in [3.63, 3.8) is 0 Å². The Morgan fingerprint density at radius 1 is 1.31 bits per heavy atom. The summed E-state index contributed by atoms with van der Waals surface area (Å²) >= 11 is 13.6. The van der Waals surface area contributed by atoms with E-state index in [9.17, 15) is 13.2 Å². The van der Waals surface area contributed by atoms with Crippen LogP contribution in [0, 0.1) is 0 Å². The molecular weight excluding hydrogens is 419 g/mol. The summed E-state index contributed by atoms with van der Waals surface area (Å²) in [6.07, 6.45) is 0.975. The fourth-order valence-corrected chi connectivity index (χ4v) is 7.87. The van der Waals surface area contributed by atoms with Gasteiger partial charge >= 0.3 is 0 Å². The highest BCUT2D eigenvalue weighted by molar-refractivity contribution is 8.16. The number of nitrogens with zero attached hydrogens (tertiary/aromatic N) is 2. The summed E-state index contributed by atoms with van der Waals surface area (Å²) in [4.78, 5) is 18.5. The molecule has 0 spiro atoms. The Balaban J connectivity index is 1.72. The summed E-state index contributed by atoms with van der Waals surface area (Å²) < 4.78 is 29.6. The second-order valence-electron chi connectivity index (χ2n) is 6.50. The van der Waals surface area contributed by atoms with Crippen molar-refractivity contribution >= 4 is 61.6 Å².